The van der Waals surface area contributed by atoms with Crippen LogP contribution in [0.2, 0.25) is 0 Å². The number of para-hydroxylation sites is 1. The Kier molecular flexibility index (Phi) is 35.4. The van der Waals surface area contributed by atoms with E-state index in [0.29, 0.717) is 41.3 Å². The molecule has 2 heterocycles. The summed E-state index contributed by atoms with van der Waals surface area (Å²) in [6.45, 7) is 13.2. The van der Waals surface area contributed by atoms with Crippen molar-refractivity contribution in [3.63, 3.8) is 0 Å². The minimum atomic E-state index is -1.92. The van der Waals surface area contributed by atoms with Crippen molar-refractivity contribution in [2.75, 3.05) is 19.7 Å². The van der Waals surface area contributed by atoms with Crippen LogP contribution in [0, 0.1) is 17.8 Å². The molecule has 580 valence electrons. The molecule has 0 spiro atoms. The van der Waals surface area contributed by atoms with Gasteiger partial charge in [0.2, 0.25) is 82.7 Å². The molecule has 0 aliphatic carbocycles. The topological polar surface area (TPSA) is 572 Å². The molecule has 14 amide bonds. The Balaban J connectivity index is 1.59. The SMILES string of the molecule is CC[C@H](C)[C@H](NC(=O)[C@@H](NC(=O)[C@H](CCCCN)NC(=O)[C@H](C)NC(=O)[C@H](Cc1c[nH]c2ccccc12)NC(=O)[C@H](CC(N)=O)NC(=O)[C@H](CO)NC(=O)[C@H](Cc1ccccc1)NC(=O)[C@@H]1CCCN1C(=O)[C@H](CC(C)C)NC(=O)[C@H](CC(N)=O)NC(=O)[C@@H](NC(=O)[C@H](C)N)[C@@H](C)CC)[C@@H](C)O)C(=O)O. The summed E-state index contributed by atoms with van der Waals surface area (Å²) in [5.74, 6) is -16.2. The van der Waals surface area contributed by atoms with Gasteiger partial charge in [0.05, 0.1) is 31.6 Å². The molecular weight excluding hydrogens is 1370 g/mol. The van der Waals surface area contributed by atoms with Gasteiger partial charge >= 0.3 is 5.97 Å². The third kappa shape index (κ3) is 27.1. The van der Waals surface area contributed by atoms with Crippen molar-refractivity contribution in [2.24, 2.45) is 40.7 Å². The molecule has 3 aromatic rings. The number of aliphatic hydroxyl groups excluding tert-OH is 2. The lowest BCUT2D eigenvalue weighted by molar-refractivity contribution is -0.144. The number of hydrogen-bond acceptors (Lipinski definition) is 19. The number of carboxylic acid groups (broad SMARTS) is 1. The molecule has 35 nitrogen and oxygen atoms in total. The van der Waals surface area contributed by atoms with Crippen LogP contribution in [0.15, 0.2) is 60.8 Å². The van der Waals surface area contributed by atoms with Gasteiger partial charge in [0.1, 0.15) is 72.5 Å². The smallest absolute Gasteiger partial charge is 0.326 e. The molecule has 1 aromatic heterocycles. The summed E-state index contributed by atoms with van der Waals surface area (Å²) >= 11 is 0. The number of amides is 14. The van der Waals surface area contributed by atoms with Gasteiger partial charge in [-0.1, -0.05) is 103 Å². The molecule has 0 radical (unpaired) electrons. The number of carbonyl (C=O) groups is 15. The van der Waals surface area contributed by atoms with E-state index >= 15 is 0 Å². The third-order valence-electron chi connectivity index (χ3n) is 18.1. The lowest BCUT2D eigenvalue weighted by atomic mass is 9.97. The summed E-state index contributed by atoms with van der Waals surface area (Å²) in [6, 6.07) is -4.20. The Morgan fingerprint density at radius 3 is 1.59 bits per heavy atom. The number of aliphatic hydroxyl groups is 2. The molecule has 35 heteroatoms. The fraction of sp³-hybridized carbons (Fsp3) is 0.586. The summed E-state index contributed by atoms with van der Waals surface area (Å²) in [5, 5.41) is 59.1. The molecule has 4 rings (SSSR count). The molecule has 1 aliphatic heterocycles. The molecule has 23 N–H and O–H groups in total. The van der Waals surface area contributed by atoms with E-state index in [-0.39, 0.29) is 64.0 Å². The van der Waals surface area contributed by atoms with Crippen LogP contribution < -0.4 is 81.4 Å². The van der Waals surface area contributed by atoms with Crippen LogP contribution in [0.25, 0.3) is 10.9 Å². The average Bonchev–Trinajstić information content (AvgIpc) is 1.74. The van der Waals surface area contributed by atoms with Crippen LogP contribution in [0.1, 0.15) is 138 Å². The highest BCUT2D eigenvalue weighted by Crippen LogP contribution is 2.23. The Bertz CT molecular complexity index is 3520. The zero-order valence-corrected chi connectivity index (χ0v) is 60.9. The molecule has 0 bridgehead atoms. The van der Waals surface area contributed by atoms with E-state index in [1.54, 1.807) is 102 Å². The molecule has 105 heavy (non-hydrogen) atoms. The highest BCUT2D eigenvalue weighted by Gasteiger charge is 2.42. The second kappa shape index (κ2) is 42.6. The Morgan fingerprint density at radius 1 is 0.543 bits per heavy atom. The van der Waals surface area contributed by atoms with E-state index in [9.17, 15) is 87.2 Å². The molecule has 2 aromatic carbocycles. The highest BCUT2D eigenvalue weighted by atomic mass is 16.4. The molecule has 1 fully saturated rings. The van der Waals surface area contributed by atoms with Gasteiger partial charge in [0.25, 0.3) is 0 Å². The number of fused-ring (bicyclic) bond motifs is 1. The third-order valence-corrected chi connectivity index (χ3v) is 18.1. The number of carboxylic acids is 1. The monoisotopic (exact) mass is 1470 g/mol. The number of aromatic amines is 1. The number of primary amides is 2. The number of carbonyl (C=O) groups excluding carboxylic acids is 14. The standard InChI is InChI=1S/C70H107N17O18/c1-10-36(5)55(84-58(92)38(7)72)67(101)81-49(32-54(74)91)64(98)82-50(28-35(3)4)69(103)87-27-19-25-52(87)66(100)80-46(29-41-20-13-12-14-21-41)62(96)83-51(34-88)65(99)79-48(31-53(73)90)63(97)78-47(30-42-33-75-44-23-16-15-22-43(42)44)61(95)76-39(8)59(93)77-45(24-17-18-26-71)60(94)86-57(40(9)89)68(102)85-56(70(104)105)37(6)11-2/h12-16,20-23,33,35-40,45-52,55-57,75,88-89H,10-11,17-19,24-32,34,71-72H2,1-9H3,(H2,73,90)(H2,74,91)(H,76,95)(H,77,93)(H,78,97)(H,79,99)(H,80,100)(H,81,101)(H,82,98)(H,83,96)(H,84,92)(H,85,102)(H,86,94)(H,104,105)/t36-,37-,38-,39-,40+,45-,46-,47-,48-,49-,50-,51-,52-,55-,56-,57-/m0/s1. The number of unbranched alkanes of at least 4 members (excludes halogenated alkanes) is 1. The number of aliphatic carboxylic acids is 1. The lowest BCUT2D eigenvalue weighted by Gasteiger charge is -2.32. The van der Waals surface area contributed by atoms with Crippen molar-refractivity contribution >= 4 is 99.6 Å². The Hall–Kier alpha value is -10.1. The first kappa shape index (κ1) is 87.3. The average molecular weight is 1470 g/mol. The summed E-state index contributed by atoms with van der Waals surface area (Å²) in [6.07, 6.45) is -0.435. The minimum Gasteiger partial charge on any atom is -0.480 e. The molecule has 0 unspecified atom stereocenters. The number of nitrogens with zero attached hydrogens (tertiary/aromatic N) is 1. The van der Waals surface area contributed by atoms with E-state index in [1.165, 1.54) is 25.7 Å². The number of nitrogens with one attached hydrogen (secondary N) is 12. The maximum absolute atomic E-state index is 14.7. The van der Waals surface area contributed by atoms with Crippen LogP contribution >= 0.6 is 0 Å². The van der Waals surface area contributed by atoms with Crippen LogP contribution in [0.3, 0.4) is 0 Å². The van der Waals surface area contributed by atoms with Gasteiger partial charge in [-0.15, -0.1) is 0 Å². The van der Waals surface area contributed by atoms with Crippen molar-refractivity contribution in [1.82, 2.24) is 68.4 Å². The van der Waals surface area contributed by atoms with Crippen LogP contribution in [-0.2, 0) is 84.8 Å². The predicted octanol–water partition coefficient (Wildman–Crippen LogP) is -3.88. The summed E-state index contributed by atoms with van der Waals surface area (Å²) in [5.41, 5.74) is 24.2. The predicted molar refractivity (Wildman–Crippen MR) is 383 cm³/mol. The summed E-state index contributed by atoms with van der Waals surface area (Å²) in [7, 11) is 0. The largest absolute Gasteiger partial charge is 0.480 e. The van der Waals surface area contributed by atoms with E-state index in [1.807, 2.05) is 0 Å². The number of likely N-dealkylation sites (tertiary alicyclic amines) is 1. The maximum Gasteiger partial charge on any atom is 0.326 e. The van der Waals surface area contributed by atoms with Crippen molar-refractivity contribution in [2.45, 2.75) is 224 Å². The first-order valence-corrected chi connectivity index (χ1v) is 35.3. The maximum atomic E-state index is 14.7. The van der Waals surface area contributed by atoms with Gasteiger partial charge in [-0.2, -0.15) is 0 Å². The number of aromatic nitrogens is 1. The Morgan fingerprint density at radius 2 is 1.03 bits per heavy atom. The van der Waals surface area contributed by atoms with Gasteiger partial charge in [-0.25, -0.2) is 4.79 Å². The van der Waals surface area contributed by atoms with Crippen molar-refractivity contribution in [3.8, 4) is 0 Å². The molecule has 1 saturated heterocycles. The number of rotatable bonds is 44. The van der Waals surface area contributed by atoms with Crippen LogP contribution in [0.5, 0.6) is 0 Å². The zero-order chi connectivity index (χ0) is 78.5. The van der Waals surface area contributed by atoms with E-state index in [4.69, 9.17) is 22.9 Å². The Labute approximate surface area is 609 Å². The number of hydrogen-bond donors (Lipinski definition) is 19. The zero-order valence-electron chi connectivity index (χ0n) is 60.9. The van der Waals surface area contributed by atoms with E-state index < -0.39 is 205 Å². The summed E-state index contributed by atoms with van der Waals surface area (Å²) in [4.78, 5) is 210. The lowest BCUT2D eigenvalue weighted by Crippen LogP contribution is -2.62. The van der Waals surface area contributed by atoms with Crippen molar-refractivity contribution in [3.05, 3.63) is 71.9 Å². The van der Waals surface area contributed by atoms with E-state index in [0.717, 1.165) is 0 Å². The van der Waals surface area contributed by atoms with Gasteiger partial charge < -0.3 is 107 Å². The fourth-order valence-corrected chi connectivity index (χ4v) is 11.6. The first-order chi connectivity index (χ1) is 49.5. The summed E-state index contributed by atoms with van der Waals surface area (Å²) < 4.78 is 0. The van der Waals surface area contributed by atoms with Crippen LogP contribution in [-0.4, -0.2) is 218 Å². The van der Waals surface area contributed by atoms with Gasteiger partial charge in [0, 0.05) is 36.5 Å². The first-order valence-electron chi connectivity index (χ1n) is 35.3. The molecular formula is C70H107N17O18. The number of nitrogens with two attached hydrogens (primary N) is 4. The second-order valence-electron chi connectivity index (χ2n) is 27.1. The van der Waals surface area contributed by atoms with E-state index in [2.05, 4.69) is 63.5 Å². The quantitative estimate of drug-likeness (QED) is 0.0241. The molecule has 1 aliphatic rings. The van der Waals surface area contributed by atoms with Crippen molar-refractivity contribution < 1.29 is 87.2 Å². The number of benzene rings is 2. The number of H-pyrrole nitrogens is 1. The normalized spacial score (nSPS) is 17.0. The van der Waals surface area contributed by atoms with Crippen molar-refractivity contribution in [1.29, 1.82) is 0 Å². The second-order valence-corrected chi connectivity index (χ2v) is 27.1. The van der Waals surface area contributed by atoms with Gasteiger partial charge in [-0.3, -0.25) is 67.1 Å². The molecule has 16 atom stereocenters. The minimum absolute atomic E-state index is 0.000957. The molecule has 0 saturated carbocycles. The van der Waals surface area contributed by atoms with Crippen LogP contribution in [0.4, 0.5) is 0 Å². The fourth-order valence-electron chi connectivity index (χ4n) is 11.6. The highest BCUT2D eigenvalue weighted by molar-refractivity contribution is 6.01. The van der Waals surface area contributed by atoms with Gasteiger partial charge in [-0.05, 0) is 101 Å². The van der Waals surface area contributed by atoms with Gasteiger partial charge in [0.15, 0.2) is 0 Å².